The second-order valence-corrected chi connectivity index (χ2v) is 7.01. The van der Waals surface area contributed by atoms with Crippen LogP contribution in [0.5, 0.6) is 0 Å². The molecule has 10 heteroatoms. The Labute approximate surface area is 180 Å². The monoisotopic (exact) mass is 473 g/mol. The fraction of sp³-hybridized carbons (Fsp3) is 0.455. The molecule has 180 valence electrons. The summed E-state index contributed by atoms with van der Waals surface area (Å²) in [5, 5.41) is 2.72. The van der Waals surface area contributed by atoms with E-state index in [1.807, 2.05) is 0 Å². The Morgan fingerprint density at radius 3 is 1.78 bits per heavy atom. The van der Waals surface area contributed by atoms with E-state index in [9.17, 15) is 39.5 Å². The van der Waals surface area contributed by atoms with Crippen LogP contribution in [-0.2, 0) is 0 Å². The van der Waals surface area contributed by atoms with E-state index < -0.39 is 57.7 Å². The van der Waals surface area contributed by atoms with Crippen LogP contribution in [0, 0.1) is 52.5 Å². The van der Waals surface area contributed by atoms with Crippen LogP contribution in [-0.4, -0.2) is 13.3 Å². The third-order valence-corrected chi connectivity index (χ3v) is 4.88. The summed E-state index contributed by atoms with van der Waals surface area (Å²) in [4.78, 5) is 0. The summed E-state index contributed by atoms with van der Waals surface area (Å²) < 4.78 is 116. The molecule has 0 heterocycles. The number of hydrogen-bond donors (Lipinski definition) is 1. The maximum atomic E-state index is 13.4. The van der Waals surface area contributed by atoms with Crippen molar-refractivity contribution in [1.82, 2.24) is 5.32 Å². The molecule has 0 amide bonds. The Bertz CT molecular complexity index is 857. The van der Waals surface area contributed by atoms with Crippen molar-refractivity contribution < 1.29 is 39.5 Å². The maximum absolute atomic E-state index is 13.4. The van der Waals surface area contributed by atoms with Gasteiger partial charge in [-0.25, -0.2) is 39.5 Å². The minimum Gasteiger partial charge on any atom is -0.290 e. The van der Waals surface area contributed by atoms with E-state index in [-0.39, 0.29) is 6.80 Å². The summed E-state index contributed by atoms with van der Waals surface area (Å²) in [5.41, 5.74) is -2.95. The average molecular weight is 473 g/mol. The maximum Gasteiger partial charge on any atom is 0.200 e. The molecule has 2 aromatic carbocycles. The molecule has 0 saturated heterocycles. The van der Waals surface area contributed by atoms with Gasteiger partial charge in [0, 0.05) is 5.56 Å². The van der Waals surface area contributed by atoms with Gasteiger partial charge in [-0.15, -0.1) is 0 Å². The molecule has 1 unspecified atom stereocenters. The molecular weight excluding hydrogens is 449 g/mol. The smallest absolute Gasteiger partial charge is 0.200 e. The lowest BCUT2D eigenvalue weighted by Crippen LogP contribution is -2.16. The predicted octanol–water partition coefficient (Wildman–Crippen LogP) is 7.58. The molecule has 0 spiro atoms. The summed E-state index contributed by atoms with van der Waals surface area (Å²) in [6.07, 6.45) is 6.25. The zero-order chi connectivity index (χ0) is 24.4. The van der Waals surface area contributed by atoms with Gasteiger partial charge in [-0.05, 0) is 31.0 Å². The molecule has 32 heavy (non-hydrogen) atoms. The van der Waals surface area contributed by atoms with Crippen molar-refractivity contribution in [1.29, 1.82) is 0 Å². The molecule has 0 aliphatic carbocycles. The fourth-order valence-electron chi connectivity index (χ4n) is 2.98. The van der Waals surface area contributed by atoms with Gasteiger partial charge in [0.05, 0.1) is 5.56 Å². The van der Waals surface area contributed by atoms with Gasteiger partial charge in [-0.3, -0.25) is 5.32 Å². The van der Waals surface area contributed by atoms with Crippen LogP contribution in [0.3, 0.4) is 0 Å². The highest BCUT2D eigenvalue weighted by atomic mass is 19.2. The Morgan fingerprint density at radius 1 is 0.719 bits per heavy atom. The highest BCUT2D eigenvalue weighted by Gasteiger charge is 2.29. The van der Waals surface area contributed by atoms with Gasteiger partial charge in [-0.2, -0.15) is 0 Å². The van der Waals surface area contributed by atoms with Crippen LogP contribution in [0.4, 0.5) is 39.5 Å². The third kappa shape index (κ3) is 6.88. The van der Waals surface area contributed by atoms with Crippen molar-refractivity contribution in [3.05, 3.63) is 58.7 Å². The number of benzene rings is 2. The fourth-order valence-corrected chi connectivity index (χ4v) is 2.98. The lowest BCUT2D eigenvalue weighted by Gasteiger charge is -2.13. The van der Waals surface area contributed by atoms with Gasteiger partial charge < -0.3 is 0 Å². The molecule has 2 aromatic rings. The van der Waals surface area contributed by atoms with E-state index in [4.69, 9.17) is 0 Å². The van der Waals surface area contributed by atoms with Crippen molar-refractivity contribution in [2.24, 2.45) is 5.92 Å². The van der Waals surface area contributed by atoms with Gasteiger partial charge >= 0.3 is 0 Å². The summed E-state index contributed by atoms with van der Waals surface area (Å²) in [5.74, 6) is -16.8. The molecule has 0 bridgehead atoms. The van der Waals surface area contributed by atoms with Crippen molar-refractivity contribution in [3.63, 3.8) is 0 Å². The Hall–Kier alpha value is -2.23. The Morgan fingerprint density at radius 2 is 1.28 bits per heavy atom. The molecule has 0 radical (unpaired) electrons. The van der Waals surface area contributed by atoms with E-state index in [1.165, 1.54) is 25.7 Å². The summed E-state index contributed by atoms with van der Waals surface area (Å²) >= 11 is 0. The Balaban J connectivity index is 0.000000368. The minimum absolute atomic E-state index is 0.297. The number of halogens is 9. The second-order valence-electron chi connectivity index (χ2n) is 7.01. The van der Waals surface area contributed by atoms with Crippen LogP contribution >= 0.6 is 0 Å². The summed E-state index contributed by atoms with van der Waals surface area (Å²) in [6.45, 7) is 4.88. The second kappa shape index (κ2) is 13.3. The van der Waals surface area contributed by atoms with Crippen molar-refractivity contribution >= 4 is 0 Å². The number of hydrogen-bond acceptors (Lipinski definition) is 1. The molecule has 2 rings (SSSR count). The lowest BCUT2D eigenvalue weighted by molar-refractivity contribution is 0.372. The zero-order valence-corrected chi connectivity index (χ0v) is 17.6. The van der Waals surface area contributed by atoms with Crippen LogP contribution in [0.2, 0.25) is 0 Å². The van der Waals surface area contributed by atoms with Crippen LogP contribution in [0.25, 0.3) is 11.1 Å². The molecule has 0 aromatic heterocycles. The van der Waals surface area contributed by atoms with E-state index in [0.29, 0.717) is 12.1 Å². The SMILES string of the molecule is CCCCC(CC)CCNCF.Fc1ccc(-c2c(F)c(F)c(F)c(F)c2F)c(F)c1F. The normalized spacial score (nSPS) is 11.8. The molecule has 0 aliphatic heterocycles. The molecule has 0 saturated carbocycles. The summed E-state index contributed by atoms with van der Waals surface area (Å²) in [6, 6.07) is 0.665. The van der Waals surface area contributed by atoms with E-state index in [0.717, 1.165) is 18.9 Å². The first-order chi connectivity index (χ1) is 15.1. The van der Waals surface area contributed by atoms with Crippen molar-refractivity contribution in [2.45, 2.75) is 46.0 Å². The number of rotatable bonds is 9. The molecule has 0 aliphatic rings. The summed E-state index contributed by atoms with van der Waals surface area (Å²) in [7, 11) is 0. The molecule has 1 nitrogen and oxygen atoms in total. The van der Waals surface area contributed by atoms with Crippen molar-refractivity contribution in [2.75, 3.05) is 13.3 Å². The highest BCUT2D eigenvalue weighted by molar-refractivity contribution is 5.66. The largest absolute Gasteiger partial charge is 0.290 e. The van der Waals surface area contributed by atoms with E-state index >= 15 is 0 Å². The number of unbranched alkanes of at least 4 members (excludes halogenated alkanes) is 1. The number of alkyl halides is 1. The standard InChI is InChI=1S/C12H2F8.C10H22FN/c13-4-2-1-3(6(14)7(4)15)5-8(16)10(18)12(20)11(19)9(5)17;1-3-5-6-10(4-2)7-8-12-9-11/h1-2H;10,12H,3-9H2,1-2H3. The van der Waals surface area contributed by atoms with Gasteiger partial charge in [0.15, 0.2) is 40.7 Å². The van der Waals surface area contributed by atoms with Gasteiger partial charge in [0.2, 0.25) is 5.82 Å². The van der Waals surface area contributed by atoms with Crippen molar-refractivity contribution in [3.8, 4) is 11.1 Å². The quantitative estimate of drug-likeness (QED) is 0.130. The zero-order valence-electron chi connectivity index (χ0n) is 17.6. The molecule has 0 fully saturated rings. The van der Waals surface area contributed by atoms with Crippen LogP contribution < -0.4 is 5.32 Å². The Kier molecular flexibility index (Phi) is 11.6. The van der Waals surface area contributed by atoms with E-state index in [2.05, 4.69) is 19.2 Å². The number of nitrogens with one attached hydrogen (secondary N) is 1. The first-order valence-corrected chi connectivity index (χ1v) is 10.0. The molecular formula is C22H24F9N. The third-order valence-electron chi connectivity index (χ3n) is 4.88. The lowest BCUT2D eigenvalue weighted by atomic mass is 9.96. The minimum atomic E-state index is -2.44. The van der Waals surface area contributed by atoms with Gasteiger partial charge in [-0.1, -0.05) is 39.5 Å². The van der Waals surface area contributed by atoms with Gasteiger partial charge in [0.1, 0.15) is 6.80 Å². The van der Waals surface area contributed by atoms with E-state index in [1.54, 1.807) is 0 Å². The van der Waals surface area contributed by atoms with Crippen LogP contribution in [0.15, 0.2) is 12.1 Å². The molecule has 1 atom stereocenters. The molecule has 1 N–H and O–H groups in total. The average Bonchev–Trinajstić information content (AvgIpc) is 2.79. The van der Waals surface area contributed by atoms with Crippen LogP contribution in [0.1, 0.15) is 46.0 Å². The first-order valence-electron chi connectivity index (χ1n) is 10.0. The predicted molar refractivity (Wildman–Crippen MR) is 103 cm³/mol. The first kappa shape index (κ1) is 27.8. The highest BCUT2D eigenvalue weighted by Crippen LogP contribution is 2.34. The topological polar surface area (TPSA) is 12.0 Å². The van der Waals surface area contributed by atoms with Gasteiger partial charge in [0.25, 0.3) is 0 Å².